The van der Waals surface area contributed by atoms with E-state index < -0.39 is 22.8 Å². The number of hydrogen-bond acceptors (Lipinski definition) is 3. The maximum absolute atomic E-state index is 11.7. The zero-order chi connectivity index (χ0) is 17.7. The lowest BCUT2D eigenvalue weighted by molar-refractivity contribution is -0.151. The zero-order valence-corrected chi connectivity index (χ0v) is 13.7. The van der Waals surface area contributed by atoms with Gasteiger partial charge in [0, 0.05) is 19.6 Å². The van der Waals surface area contributed by atoms with Crippen LogP contribution >= 0.6 is 0 Å². The van der Waals surface area contributed by atoms with E-state index in [0.717, 1.165) is 16.7 Å². The number of benzene rings is 2. The first-order valence-electron chi connectivity index (χ1n) is 8.31. The molecule has 4 rings (SSSR count). The number of hydrogen-bond donors (Lipinski definition) is 2. The summed E-state index contributed by atoms with van der Waals surface area (Å²) in [5, 5.41) is 19.1. The maximum atomic E-state index is 11.7. The third kappa shape index (κ3) is 2.27. The van der Waals surface area contributed by atoms with E-state index in [4.69, 9.17) is 0 Å². The predicted octanol–water partition coefficient (Wildman–Crippen LogP) is 2.71. The molecule has 1 saturated carbocycles. The lowest BCUT2D eigenvalue weighted by Crippen LogP contribution is -2.28. The smallest absolute Gasteiger partial charge is 0.312 e. The molecule has 2 fully saturated rings. The maximum Gasteiger partial charge on any atom is 0.312 e. The molecule has 1 aliphatic carbocycles. The summed E-state index contributed by atoms with van der Waals surface area (Å²) in [7, 11) is 0. The molecule has 1 heterocycles. The Hall–Kier alpha value is -2.66. The Kier molecular flexibility index (Phi) is 3.44. The molecule has 0 radical (unpaired) electrons. The van der Waals surface area contributed by atoms with Crippen LogP contribution in [0, 0.1) is 10.8 Å². The van der Waals surface area contributed by atoms with Gasteiger partial charge in [-0.25, -0.2) is 0 Å². The van der Waals surface area contributed by atoms with Gasteiger partial charge in [0.2, 0.25) is 0 Å². The predicted molar refractivity (Wildman–Crippen MR) is 91.9 cm³/mol. The average Bonchev–Trinajstić information content (AvgIpc) is 3.15. The van der Waals surface area contributed by atoms with E-state index in [1.54, 1.807) is 0 Å². The molecule has 2 N–H and O–H groups in total. The lowest BCUT2D eigenvalue weighted by Gasteiger charge is -2.21. The van der Waals surface area contributed by atoms with Crippen LogP contribution in [0.4, 0.5) is 0 Å². The number of carboxylic acid groups (broad SMARTS) is 2. The molecule has 0 amide bonds. The van der Waals surface area contributed by atoms with Crippen LogP contribution < -0.4 is 0 Å². The third-order valence-electron chi connectivity index (χ3n) is 5.70. The number of likely N-dealkylation sites (tertiary alicyclic amines) is 1. The monoisotopic (exact) mass is 337 g/mol. The van der Waals surface area contributed by atoms with Crippen molar-refractivity contribution in [2.24, 2.45) is 10.8 Å². The first-order valence-corrected chi connectivity index (χ1v) is 8.31. The van der Waals surface area contributed by atoms with Gasteiger partial charge < -0.3 is 10.2 Å². The van der Waals surface area contributed by atoms with Gasteiger partial charge >= 0.3 is 11.9 Å². The molecule has 128 valence electrons. The number of piperidine rings is 1. The number of nitrogens with zero attached hydrogens (tertiary/aromatic N) is 1. The quantitative estimate of drug-likeness (QED) is 0.877. The summed E-state index contributed by atoms with van der Waals surface area (Å²) in [4.78, 5) is 25.3. The van der Waals surface area contributed by atoms with Gasteiger partial charge in [0.15, 0.2) is 0 Å². The Morgan fingerprint density at radius 1 is 0.880 bits per heavy atom. The van der Waals surface area contributed by atoms with Gasteiger partial charge in [-0.3, -0.25) is 14.5 Å². The third-order valence-corrected chi connectivity index (χ3v) is 5.70. The van der Waals surface area contributed by atoms with Crippen LogP contribution in [-0.4, -0.2) is 40.1 Å². The van der Waals surface area contributed by atoms with E-state index in [2.05, 4.69) is 0 Å². The Morgan fingerprint density at radius 2 is 1.44 bits per heavy atom. The second-order valence-corrected chi connectivity index (χ2v) is 7.12. The number of rotatable bonds is 5. The summed E-state index contributed by atoms with van der Waals surface area (Å²) in [6.45, 7) is 1.13. The normalized spacial score (nSPS) is 27.7. The molecule has 1 aliphatic heterocycles. The van der Waals surface area contributed by atoms with Crippen molar-refractivity contribution in [2.45, 2.75) is 13.0 Å². The van der Waals surface area contributed by atoms with E-state index in [1.807, 2.05) is 59.5 Å². The molecule has 0 spiro atoms. The van der Waals surface area contributed by atoms with Crippen molar-refractivity contribution in [3.63, 3.8) is 0 Å². The summed E-state index contributed by atoms with van der Waals surface area (Å²) in [6.07, 6.45) is 0.238. The molecular formula is C20H19NO4. The second kappa shape index (κ2) is 5.43. The minimum Gasteiger partial charge on any atom is -0.481 e. The van der Waals surface area contributed by atoms with Crippen LogP contribution in [0.1, 0.15) is 12.0 Å². The van der Waals surface area contributed by atoms with Crippen LogP contribution in [-0.2, 0) is 16.1 Å². The van der Waals surface area contributed by atoms with E-state index in [-0.39, 0.29) is 19.5 Å². The van der Waals surface area contributed by atoms with Gasteiger partial charge in [-0.2, -0.15) is 0 Å². The van der Waals surface area contributed by atoms with Crippen LogP contribution in [0.25, 0.3) is 11.1 Å². The second-order valence-electron chi connectivity index (χ2n) is 7.12. The van der Waals surface area contributed by atoms with Crippen molar-refractivity contribution in [1.29, 1.82) is 0 Å². The molecule has 0 aromatic heterocycles. The average molecular weight is 337 g/mol. The molecular weight excluding hydrogens is 318 g/mol. The highest BCUT2D eigenvalue weighted by molar-refractivity contribution is 5.94. The minimum absolute atomic E-state index is 0.238. The molecule has 2 atom stereocenters. The van der Waals surface area contributed by atoms with Gasteiger partial charge in [-0.15, -0.1) is 0 Å². The van der Waals surface area contributed by atoms with Crippen molar-refractivity contribution in [1.82, 2.24) is 4.90 Å². The molecule has 5 nitrogen and oxygen atoms in total. The van der Waals surface area contributed by atoms with Gasteiger partial charge in [-0.05, 0) is 23.1 Å². The fraction of sp³-hybridized carbons (Fsp3) is 0.300. The van der Waals surface area contributed by atoms with Crippen LogP contribution in [0.2, 0.25) is 0 Å². The van der Waals surface area contributed by atoms with Crippen molar-refractivity contribution in [3.05, 3.63) is 60.2 Å². The highest BCUT2D eigenvalue weighted by Gasteiger charge is 2.80. The topological polar surface area (TPSA) is 77.8 Å². The van der Waals surface area contributed by atoms with E-state index >= 15 is 0 Å². The molecule has 0 unspecified atom stereocenters. The summed E-state index contributed by atoms with van der Waals surface area (Å²) in [5.41, 5.74) is 1.03. The Balaban J connectivity index is 1.61. The van der Waals surface area contributed by atoms with Crippen molar-refractivity contribution >= 4 is 11.9 Å². The summed E-state index contributed by atoms with van der Waals surface area (Å²) < 4.78 is 0. The standard InChI is InChI=1S/C20H19NO4/c22-17(23)19-11-20(19,18(24)25)13-21(12-19)10-15-8-4-5-9-16(15)14-6-2-1-3-7-14/h1-9H,10-13H2,(H,22,23)(H,24,25)/t19-,20+. The van der Waals surface area contributed by atoms with Crippen LogP contribution in [0.3, 0.4) is 0 Å². The van der Waals surface area contributed by atoms with Crippen molar-refractivity contribution < 1.29 is 19.8 Å². The summed E-state index contributed by atoms with van der Waals surface area (Å²) >= 11 is 0. The molecule has 2 aliphatic rings. The van der Waals surface area contributed by atoms with Gasteiger partial charge in [0.1, 0.15) is 0 Å². The summed E-state index contributed by atoms with van der Waals surface area (Å²) in [5.74, 6) is -1.98. The summed E-state index contributed by atoms with van der Waals surface area (Å²) in [6, 6.07) is 18.0. The van der Waals surface area contributed by atoms with E-state index in [1.165, 1.54) is 0 Å². The molecule has 25 heavy (non-hydrogen) atoms. The zero-order valence-electron chi connectivity index (χ0n) is 13.7. The largest absolute Gasteiger partial charge is 0.481 e. The van der Waals surface area contributed by atoms with Gasteiger partial charge in [0.05, 0.1) is 10.8 Å². The molecule has 0 bridgehead atoms. The number of fused-ring (bicyclic) bond motifs is 1. The van der Waals surface area contributed by atoms with Crippen molar-refractivity contribution in [3.8, 4) is 11.1 Å². The SMILES string of the molecule is O=C(O)[C@@]12CN(Cc3ccccc3-c3ccccc3)C[C@]1(C(=O)O)C2. The van der Waals surface area contributed by atoms with E-state index in [9.17, 15) is 19.8 Å². The number of carboxylic acids is 2. The fourth-order valence-electron chi connectivity index (χ4n) is 4.31. The Bertz CT molecular complexity index is 822. The fourth-order valence-corrected chi connectivity index (χ4v) is 4.31. The van der Waals surface area contributed by atoms with Gasteiger partial charge in [0.25, 0.3) is 0 Å². The van der Waals surface area contributed by atoms with E-state index in [0.29, 0.717) is 6.54 Å². The Morgan fingerprint density at radius 3 is 2.04 bits per heavy atom. The molecule has 2 aromatic rings. The first-order chi connectivity index (χ1) is 12.0. The van der Waals surface area contributed by atoms with Crippen molar-refractivity contribution in [2.75, 3.05) is 13.1 Å². The highest BCUT2D eigenvalue weighted by Crippen LogP contribution is 2.68. The number of carbonyl (C=O) groups is 2. The first kappa shape index (κ1) is 15.8. The minimum atomic E-state index is -1.12. The highest BCUT2D eigenvalue weighted by atomic mass is 16.4. The van der Waals surface area contributed by atoms with Crippen LogP contribution in [0.5, 0.6) is 0 Å². The molecule has 5 heteroatoms. The van der Waals surface area contributed by atoms with Crippen LogP contribution in [0.15, 0.2) is 54.6 Å². The lowest BCUT2D eigenvalue weighted by atomic mass is 9.97. The Labute approximate surface area is 145 Å². The molecule has 2 aromatic carbocycles. The van der Waals surface area contributed by atoms with Gasteiger partial charge in [-0.1, -0.05) is 54.6 Å². The molecule has 1 saturated heterocycles. The number of aliphatic carboxylic acids is 2.